The Morgan fingerprint density at radius 3 is 2.61 bits per heavy atom. The van der Waals surface area contributed by atoms with Gasteiger partial charge in [-0.2, -0.15) is 0 Å². The molecule has 2 saturated heterocycles. The second-order valence-corrected chi connectivity index (χ2v) is 6.93. The number of likely N-dealkylation sites (tertiary alicyclic amines) is 2. The van der Waals surface area contributed by atoms with Gasteiger partial charge in [0, 0.05) is 32.2 Å². The number of likely N-dealkylation sites (N-methyl/N-ethyl adjacent to an activating group) is 1. The molecule has 0 aromatic rings. The molecule has 0 aromatic heterocycles. The van der Waals surface area contributed by atoms with Gasteiger partial charge in [0.25, 0.3) is 0 Å². The monoisotopic (exact) mass is 323 g/mol. The van der Waals surface area contributed by atoms with Crippen molar-refractivity contribution in [3.63, 3.8) is 0 Å². The number of nitrogens with one attached hydrogen (secondary N) is 2. The minimum absolute atomic E-state index is 0.675. The van der Waals surface area contributed by atoms with E-state index in [0.29, 0.717) is 6.04 Å². The Hall–Kier alpha value is -0.810. The maximum absolute atomic E-state index is 4.87. The summed E-state index contributed by atoms with van der Waals surface area (Å²) in [5, 5.41) is 6.99. The Kier molecular flexibility index (Phi) is 8.17. The standard InChI is InChI=1S/C18H37N5/c1-4-19-18(21-14-17-10-8-12-23(17)6-3)20-13-16-9-7-11-22(5-2)15-16/h16-17H,4-15H2,1-3H3,(H2,19,20,21). The zero-order valence-corrected chi connectivity index (χ0v) is 15.5. The molecule has 0 spiro atoms. The molecule has 2 rings (SSSR count). The molecule has 2 aliphatic heterocycles. The van der Waals surface area contributed by atoms with Gasteiger partial charge in [-0.05, 0) is 64.7 Å². The molecule has 2 fully saturated rings. The topological polar surface area (TPSA) is 42.9 Å². The van der Waals surface area contributed by atoms with E-state index in [1.165, 1.54) is 51.9 Å². The molecule has 2 unspecified atom stereocenters. The van der Waals surface area contributed by atoms with Gasteiger partial charge in [0.2, 0.25) is 0 Å². The predicted molar refractivity (Wildman–Crippen MR) is 99.1 cm³/mol. The quantitative estimate of drug-likeness (QED) is 0.553. The minimum atomic E-state index is 0.675. The normalized spacial score (nSPS) is 27.3. The molecule has 5 heteroatoms. The van der Waals surface area contributed by atoms with Gasteiger partial charge in [-0.25, -0.2) is 0 Å². The van der Waals surface area contributed by atoms with Gasteiger partial charge in [0.1, 0.15) is 0 Å². The Morgan fingerprint density at radius 1 is 1.04 bits per heavy atom. The van der Waals surface area contributed by atoms with Crippen LogP contribution < -0.4 is 10.6 Å². The summed E-state index contributed by atoms with van der Waals surface area (Å²) in [6.45, 7) is 15.6. The number of rotatable bonds is 7. The van der Waals surface area contributed by atoms with E-state index >= 15 is 0 Å². The zero-order chi connectivity index (χ0) is 16.5. The van der Waals surface area contributed by atoms with Crippen LogP contribution in [0.15, 0.2) is 4.99 Å². The van der Waals surface area contributed by atoms with Crippen LogP contribution in [-0.4, -0.2) is 74.2 Å². The molecule has 0 aliphatic carbocycles. The lowest BCUT2D eigenvalue weighted by Crippen LogP contribution is -2.45. The van der Waals surface area contributed by atoms with E-state index in [9.17, 15) is 0 Å². The second kappa shape index (κ2) is 10.1. The van der Waals surface area contributed by atoms with Crippen LogP contribution >= 0.6 is 0 Å². The summed E-state index contributed by atoms with van der Waals surface area (Å²) in [5.41, 5.74) is 0. The Morgan fingerprint density at radius 2 is 1.87 bits per heavy atom. The van der Waals surface area contributed by atoms with Crippen LogP contribution in [0.5, 0.6) is 0 Å². The van der Waals surface area contributed by atoms with Crippen LogP contribution in [0.1, 0.15) is 46.5 Å². The largest absolute Gasteiger partial charge is 0.357 e. The number of hydrogen-bond donors (Lipinski definition) is 2. The first-order valence-corrected chi connectivity index (χ1v) is 9.75. The van der Waals surface area contributed by atoms with Gasteiger partial charge in [-0.3, -0.25) is 9.89 Å². The third-order valence-electron chi connectivity index (χ3n) is 5.31. The maximum atomic E-state index is 4.87. The van der Waals surface area contributed by atoms with Crippen molar-refractivity contribution >= 4 is 5.96 Å². The van der Waals surface area contributed by atoms with Gasteiger partial charge in [0.15, 0.2) is 5.96 Å². The average Bonchev–Trinajstić information content (AvgIpc) is 3.05. The summed E-state index contributed by atoms with van der Waals surface area (Å²) in [6, 6.07) is 0.675. The van der Waals surface area contributed by atoms with Gasteiger partial charge in [-0.1, -0.05) is 13.8 Å². The molecular weight excluding hydrogens is 286 g/mol. The van der Waals surface area contributed by atoms with Crippen molar-refractivity contribution in [1.82, 2.24) is 20.4 Å². The molecule has 2 aliphatic rings. The van der Waals surface area contributed by atoms with Gasteiger partial charge < -0.3 is 15.5 Å². The number of guanidine groups is 1. The number of aliphatic imine (C=N–C) groups is 1. The van der Waals surface area contributed by atoms with Gasteiger partial charge in [0.05, 0.1) is 0 Å². The van der Waals surface area contributed by atoms with Crippen molar-refractivity contribution in [1.29, 1.82) is 0 Å². The van der Waals surface area contributed by atoms with Gasteiger partial charge >= 0.3 is 0 Å². The van der Waals surface area contributed by atoms with E-state index in [1.54, 1.807) is 0 Å². The van der Waals surface area contributed by atoms with Crippen LogP contribution in [0.2, 0.25) is 0 Å². The average molecular weight is 324 g/mol. The lowest BCUT2D eigenvalue weighted by Gasteiger charge is -2.31. The van der Waals surface area contributed by atoms with Crippen molar-refractivity contribution in [3.8, 4) is 0 Å². The van der Waals surface area contributed by atoms with Crippen molar-refractivity contribution in [2.24, 2.45) is 10.9 Å². The van der Waals surface area contributed by atoms with Crippen LogP contribution in [0, 0.1) is 5.92 Å². The highest BCUT2D eigenvalue weighted by atomic mass is 15.2. The third kappa shape index (κ3) is 5.96. The van der Waals surface area contributed by atoms with Crippen molar-refractivity contribution in [3.05, 3.63) is 0 Å². The fourth-order valence-corrected chi connectivity index (χ4v) is 3.91. The highest BCUT2D eigenvalue weighted by Gasteiger charge is 2.23. The molecule has 2 heterocycles. The van der Waals surface area contributed by atoms with Crippen molar-refractivity contribution in [2.45, 2.75) is 52.5 Å². The summed E-state index contributed by atoms with van der Waals surface area (Å²) in [4.78, 5) is 10.0. The maximum Gasteiger partial charge on any atom is 0.191 e. The first-order valence-electron chi connectivity index (χ1n) is 9.75. The molecule has 23 heavy (non-hydrogen) atoms. The molecule has 134 valence electrons. The molecule has 0 amide bonds. The second-order valence-electron chi connectivity index (χ2n) is 6.93. The first-order chi connectivity index (χ1) is 11.3. The summed E-state index contributed by atoms with van der Waals surface area (Å²) >= 11 is 0. The fraction of sp³-hybridized carbons (Fsp3) is 0.944. The van der Waals surface area contributed by atoms with E-state index in [2.05, 4.69) is 41.2 Å². The van der Waals surface area contributed by atoms with Crippen LogP contribution in [0.4, 0.5) is 0 Å². The van der Waals surface area contributed by atoms with E-state index in [4.69, 9.17) is 4.99 Å². The lowest BCUT2D eigenvalue weighted by atomic mass is 9.98. The number of nitrogens with zero attached hydrogens (tertiary/aromatic N) is 3. The first kappa shape index (κ1) is 18.5. The fourth-order valence-electron chi connectivity index (χ4n) is 3.91. The van der Waals surface area contributed by atoms with Crippen molar-refractivity contribution < 1.29 is 0 Å². The highest BCUT2D eigenvalue weighted by Crippen LogP contribution is 2.17. The predicted octanol–water partition coefficient (Wildman–Crippen LogP) is 1.76. The summed E-state index contributed by atoms with van der Waals surface area (Å²) < 4.78 is 0. The van der Waals surface area contributed by atoms with E-state index in [-0.39, 0.29) is 0 Å². The molecule has 0 radical (unpaired) electrons. The Labute approximate surface area is 142 Å². The molecular formula is C18H37N5. The summed E-state index contributed by atoms with van der Waals surface area (Å²) in [7, 11) is 0. The molecule has 0 saturated carbocycles. The number of piperidine rings is 1. The van der Waals surface area contributed by atoms with E-state index in [0.717, 1.165) is 38.1 Å². The molecule has 2 atom stereocenters. The van der Waals surface area contributed by atoms with E-state index < -0.39 is 0 Å². The third-order valence-corrected chi connectivity index (χ3v) is 5.31. The smallest absolute Gasteiger partial charge is 0.191 e. The Balaban J connectivity index is 1.79. The summed E-state index contributed by atoms with van der Waals surface area (Å²) in [6.07, 6.45) is 5.30. The molecule has 0 bridgehead atoms. The molecule has 2 N–H and O–H groups in total. The van der Waals surface area contributed by atoms with E-state index in [1.807, 2.05) is 0 Å². The van der Waals surface area contributed by atoms with Crippen LogP contribution in [-0.2, 0) is 0 Å². The Bertz CT molecular complexity index is 357. The molecule has 5 nitrogen and oxygen atoms in total. The highest BCUT2D eigenvalue weighted by molar-refractivity contribution is 5.79. The molecule has 0 aromatic carbocycles. The minimum Gasteiger partial charge on any atom is -0.357 e. The van der Waals surface area contributed by atoms with Crippen molar-refractivity contribution in [2.75, 3.05) is 52.4 Å². The van der Waals surface area contributed by atoms with Crippen LogP contribution in [0.3, 0.4) is 0 Å². The SMILES string of the molecule is CCNC(=NCC1CCCN(CC)C1)NCC1CCCN1CC. The van der Waals surface area contributed by atoms with Crippen LogP contribution in [0.25, 0.3) is 0 Å². The summed E-state index contributed by atoms with van der Waals surface area (Å²) in [5.74, 6) is 1.72. The lowest BCUT2D eigenvalue weighted by molar-refractivity contribution is 0.186. The van der Waals surface area contributed by atoms with Gasteiger partial charge in [-0.15, -0.1) is 0 Å². The number of hydrogen-bond acceptors (Lipinski definition) is 3. The zero-order valence-electron chi connectivity index (χ0n) is 15.5.